The van der Waals surface area contributed by atoms with E-state index >= 15 is 0 Å². The van der Waals surface area contributed by atoms with Crippen molar-refractivity contribution in [3.63, 3.8) is 0 Å². The van der Waals surface area contributed by atoms with Gasteiger partial charge in [-0.3, -0.25) is 18.7 Å². The van der Waals surface area contributed by atoms with E-state index in [1.165, 1.54) is 23.9 Å². The standard InChI is InChI=1S/C16H17N3O4/c1-18-15(21)6-8-19(16(18)22)10-14(20)17-12-7-9-23-13-5-3-2-4-11(12)13/h2-6,8,12H,7,9-10H2,1H3,(H,17,20). The number of para-hydroxylation sites is 1. The molecule has 7 heteroatoms. The van der Waals surface area contributed by atoms with Crippen molar-refractivity contribution >= 4 is 5.91 Å². The van der Waals surface area contributed by atoms with Crippen LogP contribution in [0.3, 0.4) is 0 Å². The topological polar surface area (TPSA) is 82.3 Å². The number of nitrogens with one attached hydrogen (secondary N) is 1. The molecule has 3 rings (SSSR count). The lowest BCUT2D eigenvalue weighted by molar-refractivity contribution is -0.122. The quantitative estimate of drug-likeness (QED) is 0.876. The Morgan fingerprint density at radius 2 is 2.09 bits per heavy atom. The number of hydrogen-bond donors (Lipinski definition) is 1. The Kier molecular flexibility index (Phi) is 4.01. The van der Waals surface area contributed by atoms with Gasteiger partial charge in [-0.2, -0.15) is 0 Å². The van der Waals surface area contributed by atoms with E-state index in [2.05, 4.69) is 5.32 Å². The van der Waals surface area contributed by atoms with Gasteiger partial charge < -0.3 is 10.1 Å². The molecule has 0 saturated heterocycles. The summed E-state index contributed by atoms with van der Waals surface area (Å²) in [6, 6.07) is 8.68. The van der Waals surface area contributed by atoms with E-state index in [0.29, 0.717) is 13.0 Å². The molecule has 0 spiro atoms. The maximum Gasteiger partial charge on any atom is 0.331 e. The second-order valence-electron chi connectivity index (χ2n) is 5.42. The molecule has 0 radical (unpaired) electrons. The molecule has 0 aliphatic carbocycles. The molecule has 0 fully saturated rings. The molecule has 1 aromatic heterocycles. The molecule has 2 heterocycles. The Morgan fingerprint density at radius 1 is 1.30 bits per heavy atom. The predicted molar refractivity (Wildman–Crippen MR) is 83.4 cm³/mol. The number of hydrogen-bond acceptors (Lipinski definition) is 4. The minimum Gasteiger partial charge on any atom is -0.493 e. The van der Waals surface area contributed by atoms with Crippen LogP contribution < -0.4 is 21.3 Å². The lowest BCUT2D eigenvalue weighted by Crippen LogP contribution is -2.41. The van der Waals surface area contributed by atoms with Gasteiger partial charge >= 0.3 is 5.69 Å². The van der Waals surface area contributed by atoms with Gasteiger partial charge in [-0.25, -0.2) is 4.79 Å². The zero-order valence-electron chi connectivity index (χ0n) is 12.7. The van der Waals surface area contributed by atoms with Gasteiger partial charge in [-0.05, 0) is 6.07 Å². The van der Waals surface area contributed by atoms with Crippen LogP contribution in [-0.4, -0.2) is 21.6 Å². The fourth-order valence-corrected chi connectivity index (χ4v) is 2.62. The number of nitrogens with zero attached hydrogens (tertiary/aromatic N) is 2. The van der Waals surface area contributed by atoms with Crippen LogP contribution in [0.25, 0.3) is 0 Å². The molecule has 1 atom stereocenters. The number of benzene rings is 1. The monoisotopic (exact) mass is 315 g/mol. The lowest BCUT2D eigenvalue weighted by Gasteiger charge is -2.26. The molecule has 23 heavy (non-hydrogen) atoms. The fraction of sp³-hybridized carbons (Fsp3) is 0.312. The Bertz CT molecular complexity index is 853. The van der Waals surface area contributed by atoms with Crippen molar-refractivity contribution in [2.75, 3.05) is 6.61 Å². The normalized spacial score (nSPS) is 16.3. The first kappa shape index (κ1) is 15.1. The third-order valence-electron chi connectivity index (χ3n) is 3.87. The van der Waals surface area contributed by atoms with Gasteiger partial charge in [0.15, 0.2) is 0 Å². The molecule has 7 nitrogen and oxygen atoms in total. The molecule has 2 aromatic rings. The van der Waals surface area contributed by atoms with E-state index < -0.39 is 11.2 Å². The maximum absolute atomic E-state index is 12.2. The molecule has 1 aliphatic heterocycles. The summed E-state index contributed by atoms with van der Waals surface area (Å²) in [5.41, 5.74) is 0.0185. The summed E-state index contributed by atoms with van der Waals surface area (Å²) in [6.07, 6.45) is 2.01. The molecule has 1 aliphatic rings. The zero-order valence-corrected chi connectivity index (χ0v) is 12.7. The van der Waals surface area contributed by atoms with Crippen molar-refractivity contribution in [3.05, 3.63) is 62.9 Å². The Labute approximate surface area is 132 Å². The third kappa shape index (κ3) is 3.03. The van der Waals surface area contributed by atoms with Crippen LogP contribution in [0.2, 0.25) is 0 Å². The molecule has 1 amide bonds. The van der Waals surface area contributed by atoms with Crippen LogP contribution in [0.5, 0.6) is 5.75 Å². The Hall–Kier alpha value is -2.83. The van der Waals surface area contributed by atoms with Gasteiger partial charge in [0.2, 0.25) is 5.91 Å². The van der Waals surface area contributed by atoms with Gasteiger partial charge in [0, 0.05) is 31.3 Å². The molecule has 120 valence electrons. The number of ether oxygens (including phenoxy) is 1. The number of aromatic nitrogens is 2. The van der Waals surface area contributed by atoms with Crippen LogP contribution in [0.1, 0.15) is 18.0 Å². The van der Waals surface area contributed by atoms with E-state index in [-0.39, 0.29) is 18.5 Å². The van der Waals surface area contributed by atoms with Crippen LogP contribution in [0.15, 0.2) is 46.1 Å². The summed E-state index contributed by atoms with van der Waals surface area (Å²) in [4.78, 5) is 35.5. The van der Waals surface area contributed by atoms with Crippen molar-refractivity contribution in [2.24, 2.45) is 7.05 Å². The molecule has 0 saturated carbocycles. The SMILES string of the molecule is Cn1c(=O)ccn(CC(=O)NC2CCOc3ccccc32)c1=O. The van der Waals surface area contributed by atoms with Crippen LogP contribution in [0, 0.1) is 0 Å². The van der Waals surface area contributed by atoms with Crippen LogP contribution >= 0.6 is 0 Å². The number of carbonyl (C=O) groups excluding carboxylic acids is 1. The molecule has 0 bridgehead atoms. The van der Waals surface area contributed by atoms with E-state index in [0.717, 1.165) is 15.9 Å². The second-order valence-corrected chi connectivity index (χ2v) is 5.42. The molecule has 1 N–H and O–H groups in total. The fourth-order valence-electron chi connectivity index (χ4n) is 2.62. The zero-order chi connectivity index (χ0) is 16.4. The summed E-state index contributed by atoms with van der Waals surface area (Å²) in [7, 11) is 1.38. The third-order valence-corrected chi connectivity index (χ3v) is 3.87. The lowest BCUT2D eigenvalue weighted by atomic mass is 10.0. The number of rotatable bonds is 3. The van der Waals surface area contributed by atoms with Gasteiger partial charge in [0.05, 0.1) is 12.6 Å². The summed E-state index contributed by atoms with van der Waals surface area (Å²) in [6.45, 7) is 0.397. The minimum absolute atomic E-state index is 0.132. The smallest absolute Gasteiger partial charge is 0.331 e. The molecule has 1 unspecified atom stereocenters. The molecular formula is C16H17N3O4. The first-order chi connectivity index (χ1) is 11.1. The van der Waals surface area contributed by atoms with Crippen molar-refractivity contribution in [2.45, 2.75) is 19.0 Å². The van der Waals surface area contributed by atoms with Gasteiger partial charge in [-0.1, -0.05) is 18.2 Å². The summed E-state index contributed by atoms with van der Waals surface area (Å²) < 4.78 is 7.74. The summed E-state index contributed by atoms with van der Waals surface area (Å²) in [5.74, 6) is 0.482. The first-order valence-corrected chi connectivity index (χ1v) is 7.34. The Morgan fingerprint density at radius 3 is 2.91 bits per heavy atom. The minimum atomic E-state index is -0.514. The molecular weight excluding hydrogens is 298 g/mol. The summed E-state index contributed by atoms with van der Waals surface area (Å²) in [5, 5.41) is 2.92. The van der Waals surface area contributed by atoms with Gasteiger partial charge in [0.25, 0.3) is 5.56 Å². The van der Waals surface area contributed by atoms with E-state index in [1.807, 2.05) is 24.3 Å². The maximum atomic E-state index is 12.2. The van der Waals surface area contributed by atoms with Gasteiger partial charge in [0.1, 0.15) is 12.3 Å². The predicted octanol–water partition coefficient (Wildman–Crippen LogP) is 0.187. The first-order valence-electron chi connectivity index (χ1n) is 7.34. The number of carbonyl (C=O) groups is 1. The highest BCUT2D eigenvalue weighted by atomic mass is 16.5. The highest BCUT2D eigenvalue weighted by Crippen LogP contribution is 2.31. The van der Waals surface area contributed by atoms with E-state index in [9.17, 15) is 14.4 Å². The van der Waals surface area contributed by atoms with E-state index in [4.69, 9.17) is 4.74 Å². The second kappa shape index (κ2) is 6.12. The van der Waals surface area contributed by atoms with Crippen molar-refractivity contribution in [3.8, 4) is 5.75 Å². The van der Waals surface area contributed by atoms with Crippen molar-refractivity contribution in [1.82, 2.24) is 14.5 Å². The van der Waals surface area contributed by atoms with Crippen LogP contribution in [-0.2, 0) is 18.4 Å². The average molecular weight is 315 g/mol. The molecule has 1 aromatic carbocycles. The van der Waals surface area contributed by atoms with E-state index in [1.54, 1.807) is 0 Å². The van der Waals surface area contributed by atoms with Gasteiger partial charge in [-0.15, -0.1) is 0 Å². The highest BCUT2D eigenvalue weighted by Gasteiger charge is 2.22. The Balaban J connectivity index is 1.75. The van der Waals surface area contributed by atoms with Crippen molar-refractivity contribution < 1.29 is 9.53 Å². The van der Waals surface area contributed by atoms with Crippen LogP contribution in [0.4, 0.5) is 0 Å². The number of amides is 1. The largest absolute Gasteiger partial charge is 0.493 e. The van der Waals surface area contributed by atoms with Crippen molar-refractivity contribution in [1.29, 1.82) is 0 Å². The highest BCUT2D eigenvalue weighted by molar-refractivity contribution is 5.76. The number of fused-ring (bicyclic) bond motifs is 1. The summed E-state index contributed by atoms with van der Waals surface area (Å²) >= 11 is 0. The average Bonchev–Trinajstić information content (AvgIpc) is 2.56.